The fraction of sp³-hybridized carbons (Fsp3) is 0.769. The van der Waals surface area contributed by atoms with Gasteiger partial charge in [0, 0.05) is 19.3 Å². The first kappa shape index (κ1) is 15.8. The minimum absolute atomic E-state index is 0.108. The number of halogens is 2. The lowest BCUT2D eigenvalue weighted by Crippen LogP contribution is -2.44. The molecule has 1 saturated carbocycles. The summed E-state index contributed by atoms with van der Waals surface area (Å²) in [5.41, 5.74) is 5.13. The fourth-order valence-corrected chi connectivity index (χ4v) is 2.29. The average molecular weight is 303 g/mol. The number of nitrogens with zero attached hydrogens (tertiary/aromatic N) is 2. The Morgan fingerprint density at radius 1 is 1.38 bits per heavy atom. The van der Waals surface area contributed by atoms with E-state index in [1.807, 2.05) is 0 Å². The van der Waals surface area contributed by atoms with Crippen LogP contribution < -0.4 is 5.73 Å². The number of alkyl halides is 2. The molecule has 0 aliphatic heterocycles. The number of rotatable bonds is 5. The predicted molar refractivity (Wildman–Crippen MR) is 68.5 cm³/mol. The summed E-state index contributed by atoms with van der Waals surface area (Å²) in [5.74, 6) is -2.52. The molecule has 2 rings (SSSR count). The van der Waals surface area contributed by atoms with E-state index in [0.29, 0.717) is 6.61 Å². The molecule has 0 saturated heterocycles. The van der Waals surface area contributed by atoms with Crippen molar-refractivity contribution in [1.29, 1.82) is 0 Å². The van der Waals surface area contributed by atoms with Gasteiger partial charge in [-0.1, -0.05) is 5.16 Å². The third-order valence-electron chi connectivity index (χ3n) is 3.64. The number of carbonyl (C=O) groups is 1. The molecule has 118 valence electrons. The first-order valence-electron chi connectivity index (χ1n) is 7.00. The summed E-state index contributed by atoms with van der Waals surface area (Å²) in [6.45, 7) is 2.04. The second kappa shape index (κ2) is 6.05. The summed E-state index contributed by atoms with van der Waals surface area (Å²) >= 11 is 0. The third kappa shape index (κ3) is 3.96. The molecule has 0 radical (unpaired) electrons. The molecule has 1 aliphatic rings. The number of hydrogen-bond donors (Lipinski definition) is 1. The highest BCUT2D eigenvalue weighted by atomic mass is 19.3. The molecule has 0 unspecified atom stereocenters. The maximum Gasteiger partial charge on any atom is 0.306 e. The first-order chi connectivity index (χ1) is 9.85. The van der Waals surface area contributed by atoms with Crippen LogP contribution in [0.25, 0.3) is 0 Å². The Bertz CT molecular complexity index is 495. The SMILES string of the molecule is CCOC(=O)CCc1nc(C2(N)CCC(F)(F)CC2)no1. The van der Waals surface area contributed by atoms with Crippen LogP contribution in [0.1, 0.15) is 50.7 Å². The van der Waals surface area contributed by atoms with Crippen molar-refractivity contribution >= 4 is 5.97 Å². The number of aromatic nitrogens is 2. The van der Waals surface area contributed by atoms with E-state index in [-0.39, 0.29) is 56.2 Å². The van der Waals surface area contributed by atoms with Gasteiger partial charge in [-0.15, -0.1) is 0 Å². The van der Waals surface area contributed by atoms with E-state index in [9.17, 15) is 13.6 Å². The highest BCUT2D eigenvalue weighted by Crippen LogP contribution is 2.41. The van der Waals surface area contributed by atoms with Crippen molar-refractivity contribution in [3.05, 3.63) is 11.7 Å². The fourth-order valence-electron chi connectivity index (χ4n) is 2.29. The van der Waals surface area contributed by atoms with Crippen LogP contribution in [0.2, 0.25) is 0 Å². The zero-order valence-corrected chi connectivity index (χ0v) is 11.9. The molecular formula is C13H19F2N3O3. The molecule has 0 amide bonds. The molecule has 1 aliphatic carbocycles. The van der Waals surface area contributed by atoms with Crippen molar-refractivity contribution in [2.75, 3.05) is 6.61 Å². The van der Waals surface area contributed by atoms with Gasteiger partial charge in [-0.25, -0.2) is 8.78 Å². The Labute approximate surface area is 121 Å². The molecule has 0 atom stereocenters. The van der Waals surface area contributed by atoms with Crippen LogP contribution in [0.5, 0.6) is 0 Å². The molecule has 1 fully saturated rings. The van der Waals surface area contributed by atoms with Gasteiger partial charge in [-0.05, 0) is 19.8 Å². The number of aryl methyl sites for hydroxylation is 1. The van der Waals surface area contributed by atoms with E-state index in [2.05, 4.69) is 10.1 Å². The number of hydrogen-bond acceptors (Lipinski definition) is 6. The zero-order valence-electron chi connectivity index (χ0n) is 11.9. The molecule has 0 spiro atoms. The smallest absolute Gasteiger partial charge is 0.306 e. The van der Waals surface area contributed by atoms with Gasteiger partial charge in [0.15, 0.2) is 5.82 Å². The highest BCUT2D eigenvalue weighted by molar-refractivity contribution is 5.69. The number of carbonyl (C=O) groups excluding carboxylic acids is 1. The van der Waals surface area contributed by atoms with Gasteiger partial charge in [0.2, 0.25) is 11.8 Å². The van der Waals surface area contributed by atoms with E-state index in [4.69, 9.17) is 15.0 Å². The van der Waals surface area contributed by atoms with Crippen molar-refractivity contribution in [3.63, 3.8) is 0 Å². The summed E-state index contributed by atoms with van der Waals surface area (Å²) < 4.78 is 36.2. The zero-order chi connectivity index (χ0) is 15.5. The Morgan fingerprint density at radius 2 is 2.05 bits per heavy atom. The molecule has 6 nitrogen and oxygen atoms in total. The minimum Gasteiger partial charge on any atom is -0.466 e. The molecule has 21 heavy (non-hydrogen) atoms. The van der Waals surface area contributed by atoms with Gasteiger partial charge in [-0.2, -0.15) is 4.98 Å². The maximum atomic E-state index is 13.2. The highest BCUT2D eigenvalue weighted by Gasteiger charge is 2.44. The maximum absolute atomic E-state index is 13.2. The number of nitrogens with two attached hydrogens (primary N) is 1. The average Bonchev–Trinajstić information content (AvgIpc) is 2.90. The van der Waals surface area contributed by atoms with Crippen molar-refractivity contribution in [2.45, 2.75) is 56.9 Å². The van der Waals surface area contributed by atoms with E-state index < -0.39 is 11.5 Å². The van der Waals surface area contributed by atoms with E-state index >= 15 is 0 Å². The topological polar surface area (TPSA) is 91.2 Å². The minimum atomic E-state index is -2.67. The van der Waals surface area contributed by atoms with Crippen LogP contribution in [0, 0.1) is 0 Å². The van der Waals surface area contributed by atoms with E-state index in [1.165, 1.54) is 0 Å². The van der Waals surface area contributed by atoms with Gasteiger partial charge in [0.1, 0.15) is 0 Å². The van der Waals surface area contributed by atoms with E-state index in [1.54, 1.807) is 6.92 Å². The lowest BCUT2D eigenvalue weighted by atomic mass is 9.80. The van der Waals surface area contributed by atoms with Crippen LogP contribution in [0.15, 0.2) is 4.52 Å². The van der Waals surface area contributed by atoms with Gasteiger partial charge in [-0.3, -0.25) is 4.79 Å². The Morgan fingerprint density at radius 3 is 2.67 bits per heavy atom. The molecule has 1 aromatic rings. The lowest BCUT2D eigenvalue weighted by Gasteiger charge is -2.34. The Hall–Kier alpha value is -1.57. The van der Waals surface area contributed by atoms with Gasteiger partial charge < -0.3 is 15.0 Å². The summed E-state index contributed by atoms with van der Waals surface area (Å²) in [6, 6.07) is 0. The summed E-state index contributed by atoms with van der Waals surface area (Å²) in [7, 11) is 0. The van der Waals surface area contributed by atoms with Crippen LogP contribution >= 0.6 is 0 Å². The summed E-state index contributed by atoms with van der Waals surface area (Å²) in [5, 5.41) is 3.78. The predicted octanol–water partition coefficient (Wildman–Crippen LogP) is 1.93. The van der Waals surface area contributed by atoms with Crippen LogP contribution in [0.3, 0.4) is 0 Å². The molecule has 0 aromatic carbocycles. The van der Waals surface area contributed by atoms with Crippen LogP contribution in [-0.4, -0.2) is 28.6 Å². The molecular weight excluding hydrogens is 284 g/mol. The molecule has 1 aromatic heterocycles. The molecule has 1 heterocycles. The number of ether oxygens (including phenoxy) is 1. The van der Waals surface area contributed by atoms with Crippen LogP contribution in [0.4, 0.5) is 8.78 Å². The van der Waals surface area contributed by atoms with Crippen LogP contribution in [-0.2, 0) is 21.5 Å². The lowest BCUT2D eigenvalue weighted by molar-refractivity contribution is -0.143. The normalized spacial score (nSPS) is 20.2. The largest absolute Gasteiger partial charge is 0.466 e. The van der Waals surface area contributed by atoms with Crippen molar-refractivity contribution < 1.29 is 22.8 Å². The van der Waals surface area contributed by atoms with Crippen molar-refractivity contribution in [3.8, 4) is 0 Å². The second-order valence-corrected chi connectivity index (χ2v) is 5.33. The van der Waals surface area contributed by atoms with Crippen molar-refractivity contribution in [1.82, 2.24) is 10.1 Å². The summed E-state index contributed by atoms with van der Waals surface area (Å²) in [6.07, 6.45) is 0.0310. The standard InChI is InChI=1S/C13H19F2N3O3/c1-2-20-10(19)4-3-9-17-11(18-21-9)12(16)5-7-13(14,15)8-6-12/h2-8,16H2,1H3. The molecule has 2 N–H and O–H groups in total. The first-order valence-corrected chi connectivity index (χ1v) is 7.00. The van der Waals surface area contributed by atoms with E-state index in [0.717, 1.165) is 0 Å². The molecule has 0 bridgehead atoms. The summed E-state index contributed by atoms with van der Waals surface area (Å²) in [4.78, 5) is 15.4. The Balaban J connectivity index is 1.95. The monoisotopic (exact) mass is 303 g/mol. The quantitative estimate of drug-likeness (QED) is 0.836. The third-order valence-corrected chi connectivity index (χ3v) is 3.64. The second-order valence-electron chi connectivity index (χ2n) is 5.33. The van der Waals surface area contributed by atoms with Gasteiger partial charge >= 0.3 is 5.97 Å². The Kier molecular flexibility index (Phi) is 4.55. The van der Waals surface area contributed by atoms with Crippen molar-refractivity contribution in [2.24, 2.45) is 5.73 Å². The van der Waals surface area contributed by atoms with Gasteiger partial charge in [0.25, 0.3) is 0 Å². The van der Waals surface area contributed by atoms with Gasteiger partial charge in [0.05, 0.1) is 18.6 Å². The molecule has 8 heteroatoms. The number of esters is 1.